The van der Waals surface area contributed by atoms with Crippen molar-refractivity contribution in [2.24, 2.45) is 0 Å². The highest BCUT2D eigenvalue weighted by Crippen LogP contribution is 2.39. The van der Waals surface area contributed by atoms with Crippen molar-refractivity contribution in [3.05, 3.63) is 175 Å². The number of hydrogen-bond acceptors (Lipinski definition) is 4. The Morgan fingerprint density at radius 2 is 0.840 bits per heavy atom. The van der Waals surface area contributed by atoms with Crippen molar-refractivity contribution < 1.29 is 4.42 Å². The van der Waals surface area contributed by atoms with E-state index < -0.39 is 0 Å². The highest BCUT2D eigenvalue weighted by molar-refractivity contribution is 6.13. The number of hydrogen-bond donors (Lipinski definition) is 0. The molecule has 0 amide bonds. The highest BCUT2D eigenvalue weighted by atomic mass is 16.3. The smallest absolute Gasteiger partial charge is 0.164 e. The van der Waals surface area contributed by atoms with Crippen molar-refractivity contribution in [1.82, 2.24) is 15.0 Å². The van der Waals surface area contributed by atoms with Gasteiger partial charge in [0.15, 0.2) is 17.5 Å². The number of fused-ring (bicyclic) bond motifs is 3. The van der Waals surface area contributed by atoms with Gasteiger partial charge in [-0.15, -0.1) is 0 Å². The number of aromatic nitrogens is 3. The van der Waals surface area contributed by atoms with Gasteiger partial charge in [0.05, 0.1) is 0 Å². The summed E-state index contributed by atoms with van der Waals surface area (Å²) in [5, 5.41) is 2.15. The Bertz CT molecular complexity index is 2630. The zero-order chi connectivity index (χ0) is 33.4. The van der Waals surface area contributed by atoms with Crippen molar-refractivity contribution in [2.45, 2.75) is 6.92 Å². The average molecular weight is 642 g/mol. The fraction of sp³-hybridized carbons (Fsp3) is 0.0217. The van der Waals surface area contributed by atoms with Crippen LogP contribution in [0.3, 0.4) is 0 Å². The van der Waals surface area contributed by atoms with Crippen LogP contribution in [0.25, 0.3) is 89.5 Å². The Morgan fingerprint density at radius 1 is 0.360 bits per heavy atom. The molecular weight excluding hydrogens is 611 g/mol. The zero-order valence-electron chi connectivity index (χ0n) is 27.4. The molecular formula is C46H31N3O. The molecule has 50 heavy (non-hydrogen) atoms. The summed E-state index contributed by atoms with van der Waals surface area (Å²) in [5.74, 6) is 1.84. The lowest BCUT2D eigenvalue weighted by atomic mass is 9.96. The van der Waals surface area contributed by atoms with E-state index in [1.807, 2.05) is 48.5 Å². The van der Waals surface area contributed by atoms with Gasteiger partial charge in [-0.2, -0.15) is 0 Å². The molecule has 0 spiro atoms. The van der Waals surface area contributed by atoms with Crippen LogP contribution < -0.4 is 0 Å². The van der Waals surface area contributed by atoms with Gasteiger partial charge in [-0.1, -0.05) is 152 Å². The molecule has 0 fully saturated rings. The molecule has 0 N–H and O–H groups in total. The lowest BCUT2D eigenvalue weighted by Gasteiger charge is -2.10. The molecule has 0 radical (unpaired) electrons. The lowest BCUT2D eigenvalue weighted by molar-refractivity contribution is 0.669. The molecule has 9 rings (SSSR count). The van der Waals surface area contributed by atoms with E-state index in [-0.39, 0.29) is 0 Å². The maximum Gasteiger partial charge on any atom is 0.164 e. The van der Waals surface area contributed by atoms with E-state index in [0.29, 0.717) is 17.5 Å². The molecule has 0 aliphatic heterocycles. The molecule has 0 bridgehead atoms. The standard InChI is InChI=1S/C46H31N3O/c1-30-11-8-9-16-38(30)33-23-25-36(26-24-33)45-47-44(35-14-6-3-7-15-35)48-46(49-45)37-27-28-40-42(29-37)50-41-18-10-17-39(43(40)41)34-21-19-32(20-22-34)31-12-4-2-5-13-31/h2-29H,1H3. The van der Waals surface area contributed by atoms with Crippen LogP contribution in [-0.2, 0) is 0 Å². The molecule has 0 aliphatic rings. The minimum absolute atomic E-state index is 0.593. The average Bonchev–Trinajstić information content (AvgIpc) is 3.57. The van der Waals surface area contributed by atoms with Gasteiger partial charge in [-0.25, -0.2) is 15.0 Å². The highest BCUT2D eigenvalue weighted by Gasteiger charge is 2.17. The molecule has 2 aromatic heterocycles. The van der Waals surface area contributed by atoms with E-state index in [4.69, 9.17) is 19.4 Å². The summed E-state index contributed by atoms with van der Waals surface area (Å²) < 4.78 is 6.49. The monoisotopic (exact) mass is 641 g/mol. The molecule has 0 unspecified atom stereocenters. The number of nitrogens with zero attached hydrogens (tertiary/aromatic N) is 3. The van der Waals surface area contributed by atoms with Gasteiger partial charge in [0, 0.05) is 27.5 Å². The topological polar surface area (TPSA) is 51.8 Å². The largest absolute Gasteiger partial charge is 0.456 e. The molecule has 9 aromatic rings. The van der Waals surface area contributed by atoms with E-state index in [2.05, 4.69) is 128 Å². The maximum atomic E-state index is 6.49. The van der Waals surface area contributed by atoms with E-state index >= 15 is 0 Å². The molecule has 0 atom stereocenters. The summed E-state index contributed by atoms with van der Waals surface area (Å²) >= 11 is 0. The fourth-order valence-corrected chi connectivity index (χ4v) is 6.72. The van der Waals surface area contributed by atoms with E-state index in [1.165, 1.54) is 22.3 Å². The lowest BCUT2D eigenvalue weighted by Crippen LogP contribution is -2.00. The third kappa shape index (κ3) is 5.43. The first-order valence-corrected chi connectivity index (χ1v) is 16.8. The predicted molar refractivity (Wildman–Crippen MR) is 204 cm³/mol. The van der Waals surface area contributed by atoms with Gasteiger partial charge in [0.1, 0.15) is 11.2 Å². The van der Waals surface area contributed by atoms with Crippen LogP contribution in [0.2, 0.25) is 0 Å². The van der Waals surface area contributed by atoms with Gasteiger partial charge < -0.3 is 4.42 Å². The summed E-state index contributed by atoms with van der Waals surface area (Å²) in [7, 11) is 0. The van der Waals surface area contributed by atoms with Crippen molar-refractivity contribution in [3.63, 3.8) is 0 Å². The second kappa shape index (κ2) is 12.4. The first kappa shape index (κ1) is 29.5. The first-order chi connectivity index (χ1) is 24.7. The molecule has 4 heteroatoms. The quantitative estimate of drug-likeness (QED) is 0.181. The Balaban J connectivity index is 1.12. The summed E-state index contributed by atoms with van der Waals surface area (Å²) in [5.41, 5.74) is 12.6. The third-order valence-electron chi connectivity index (χ3n) is 9.32. The minimum atomic E-state index is 0.593. The number of rotatable bonds is 6. The second-order valence-electron chi connectivity index (χ2n) is 12.5. The molecule has 0 saturated heterocycles. The van der Waals surface area contributed by atoms with Crippen LogP contribution in [0.4, 0.5) is 0 Å². The minimum Gasteiger partial charge on any atom is -0.456 e. The van der Waals surface area contributed by atoms with Crippen LogP contribution in [0, 0.1) is 6.92 Å². The SMILES string of the molecule is Cc1ccccc1-c1ccc(-c2nc(-c3ccccc3)nc(-c3ccc4c(c3)oc3cccc(-c5ccc(-c6ccccc6)cc5)c34)n2)cc1. The summed E-state index contributed by atoms with van der Waals surface area (Å²) in [6.07, 6.45) is 0. The molecule has 0 saturated carbocycles. The number of benzene rings is 7. The number of furan rings is 1. The van der Waals surface area contributed by atoms with Gasteiger partial charge in [-0.3, -0.25) is 0 Å². The molecule has 4 nitrogen and oxygen atoms in total. The Labute approximate surface area is 290 Å². The van der Waals surface area contributed by atoms with Crippen LogP contribution in [0.5, 0.6) is 0 Å². The van der Waals surface area contributed by atoms with Gasteiger partial charge in [0.2, 0.25) is 0 Å². The van der Waals surface area contributed by atoms with E-state index in [1.54, 1.807) is 0 Å². The van der Waals surface area contributed by atoms with Crippen molar-refractivity contribution in [3.8, 4) is 67.5 Å². The molecule has 7 aromatic carbocycles. The maximum absolute atomic E-state index is 6.49. The Hall–Kier alpha value is -6.65. The van der Waals surface area contributed by atoms with Crippen LogP contribution in [-0.4, -0.2) is 15.0 Å². The van der Waals surface area contributed by atoms with Gasteiger partial charge in [0.25, 0.3) is 0 Å². The normalized spacial score (nSPS) is 11.3. The number of aryl methyl sites for hydroxylation is 1. The van der Waals surface area contributed by atoms with Crippen LogP contribution >= 0.6 is 0 Å². The van der Waals surface area contributed by atoms with Crippen LogP contribution in [0.1, 0.15) is 5.56 Å². The summed E-state index contributed by atoms with van der Waals surface area (Å²) in [4.78, 5) is 14.9. The zero-order valence-corrected chi connectivity index (χ0v) is 27.4. The summed E-state index contributed by atoms with van der Waals surface area (Å²) in [6, 6.07) is 58.7. The second-order valence-corrected chi connectivity index (χ2v) is 12.5. The molecule has 2 heterocycles. The van der Waals surface area contributed by atoms with Crippen molar-refractivity contribution in [1.29, 1.82) is 0 Å². The van der Waals surface area contributed by atoms with E-state index in [0.717, 1.165) is 55.3 Å². The Morgan fingerprint density at radius 3 is 1.52 bits per heavy atom. The fourth-order valence-electron chi connectivity index (χ4n) is 6.72. The first-order valence-electron chi connectivity index (χ1n) is 16.8. The van der Waals surface area contributed by atoms with Crippen molar-refractivity contribution >= 4 is 21.9 Å². The molecule has 236 valence electrons. The van der Waals surface area contributed by atoms with E-state index in [9.17, 15) is 0 Å². The van der Waals surface area contributed by atoms with Crippen LogP contribution in [0.15, 0.2) is 174 Å². The Kier molecular flexibility index (Phi) is 7.33. The van der Waals surface area contributed by atoms with Gasteiger partial charge >= 0.3 is 0 Å². The van der Waals surface area contributed by atoms with Crippen molar-refractivity contribution in [2.75, 3.05) is 0 Å². The third-order valence-corrected chi connectivity index (χ3v) is 9.32. The predicted octanol–water partition coefficient (Wildman–Crippen LogP) is 12.1. The van der Waals surface area contributed by atoms with Gasteiger partial charge in [-0.05, 0) is 64.1 Å². The summed E-state index contributed by atoms with van der Waals surface area (Å²) in [6.45, 7) is 2.14. The molecule has 0 aliphatic carbocycles.